The Morgan fingerprint density at radius 2 is 1.74 bits per heavy atom. The first-order valence-electron chi connectivity index (χ1n) is 11.3. The van der Waals surface area contributed by atoms with Gasteiger partial charge in [0.05, 0.1) is 12.1 Å². The predicted molar refractivity (Wildman–Crippen MR) is 132 cm³/mol. The lowest BCUT2D eigenvalue weighted by Crippen LogP contribution is -2.29. The van der Waals surface area contributed by atoms with Crippen LogP contribution in [0.2, 0.25) is 0 Å². The van der Waals surface area contributed by atoms with Gasteiger partial charge in [-0.25, -0.2) is 9.78 Å². The Morgan fingerprint density at radius 1 is 1.11 bits per heavy atom. The summed E-state index contributed by atoms with van der Waals surface area (Å²) in [4.78, 5) is 42.9. The fourth-order valence-corrected chi connectivity index (χ4v) is 5.78. The zero-order chi connectivity index (χ0) is 24.7. The second-order valence-electron chi connectivity index (χ2n) is 9.55. The second kappa shape index (κ2) is 8.81. The van der Waals surface area contributed by atoms with Crippen LogP contribution in [0.4, 0.5) is 9.93 Å². The SMILES string of the molecule is CC1(C)CN(C(=O)c2cnc(NC(=O)OCC3c4ccccc4-c4ccccc43)s2)CC1C(=O)O. The molecule has 1 aliphatic heterocycles. The van der Waals surface area contributed by atoms with E-state index in [4.69, 9.17) is 4.74 Å². The summed E-state index contributed by atoms with van der Waals surface area (Å²) in [6.07, 6.45) is 0.751. The summed E-state index contributed by atoms with van der Waals surface area (Å²) in [5.41, 5.74) is 4.02. The monoisotopic (exact) mass is 491 g/mol. The fraction of sp³-hybridized carbons (Fsp3) is 0.308. The van der Waals surface area contributed by atoms with E-state index in [0.29, 0.717) is 11.4 Å². The number of rotatable bonds is 5. The van der Waals surface area contributed by atoms with Crippen molar-refractivity contribution < 1.29 is 24.2 Å². The van der Waals surface area contributed by atoms with Gasteiger partial charge in [-0.05, 0) is 27.7 Å². The lowest BCUT2D eigenvalue weighted by Gasteiger charge is -2.21. The van der Waals surface area contributed by atoms with Gasteiger partial charge in [0, 0.05) is 19.0 Å². The molecule has 1 unspecified atom stereocenters. The first kappa shape index (κ1) is 23.0. The van der Waals surface area contributed by atoms with E-state index >= 15 is 0 Å². The molecule has 180 valence electrons. The maximum Gasteiger partial charge on any atom is 0.413 e. The number of benzene rings is 2. The number of carboxylic acid groups (broad SMARTS) is 1. The molecule has 2 N–H and O–H groups in total. The summed E-state index contributed by atoms with van der Waals surface area (Å²) >= 11 is 1.04. The molecule has 0 bridgehead atoms. The molecular formula is C26H25N3O5S. The predicted octanol–water partition coefficient (Wildman–Crippen LogP) is 4.69. The van der Waals surface area contributed by atoms with E-state index in [-0.39, 0.29) is 30.1 Å². The number of carbonyl (C=O) groups excluding carboxylic acids is 2. The zero-order valence-corrected chi connectivity index (χ0v) is 20.2. The molecule has 1 saturated heterocycles. The molecule has 2 aromatic carbocycles. The van der Waals surface area contributed by atoms with Crippen molar-refractivity contribution in [1.29, 1.82) is 0 Å². The van der Waals surface area contributed by atoms with E-state index in [1.165, 1.54) is 11.1 Å². The number of nitrogens with one attached hydrogen (secondary N) is 1. The zero-order valence-electron chi connectivity index (χ0n) is 19.4. The van der Waals surface area contributed by atoms with Crippen LogP contribution in [0.25, 0.3) is 11.1 Å². The molecule has 0 spiro atoms. The Bertz CT molecular complexity index is 1270. The third kappa shape index (κ3) is 4.27. The maximum absolute atomic E-state index is 12.9. The number of aliphatic carboxylic acids is 1. The minimum atomic E-state index is -0.910. The summed E-state index contributed by atoms with van der Waals surface area (Å²) in [6.45, 7) is 4.35. The summed E-state index contributed by atoms with van der Waals surface area (Å²) in [6, 6.07) is 16.2. The smallest absolute Gasteiger partial charge is 0.413 e. The first-order chi connectivity index (χ1) is 16.7. The summed E-state index contributed by atoms with van der Waals surface area (Å²) < 4.78 is 5.54. The molecule has 0 saturated carbocycles. The topological polar surface area (TPSA) is 109 Å². The van der Waals surface area contributed by atoms with Gasteiger partial charge in [-0.15, -0.1) is 0 Å². The number of hydrogen-bond acceptors (Lipinski definition) is 6. The molecule has 3 aromatic rings. The van der Waals surface area contributed by atoms with E-state index < -0.39 is 23.4 Å². The number of fused-ring (bicyclic) bond motifs is 3. The first-order valence-corrected chi connectivity index (χ1v) is 12.2. The molecule has 2 aliphatic rings. The molecule has 5 rings (SSSR count). The van der Waals surface area contributed by atoms with Gasteiger partial charge in [-0.1, -0.05) is 73.7 Å². The van der Waals surface area contributed by atoms with Gasteiger partial charge < -0.3 is 14.7 Å². The summed E-state index contributed by atoms with van der Waals surface area (Å²) in [7, 11) is 0. The number of aromatic nitrogens is 1. The Hall–Kier alpha value is -3.72. The van der Waals surface area contributed by atoms with E-state index in [1.807, 2.05) is 38.1 Å². The van der Waals surface area contributed by atoms with Crippen LogP contribution in [0.1, 0.15) is 40.6 Å². The van der Waals surface area contributed by atoms with Gasteiger partial charge in [0.15, 0.2) is 5.13 Å². The fourth-order valence-electron chi connectivity index (χ4n) is 5.01. The quantitative estimate of drug-likeness (QED) is 0.536. The lowest BCUT2D eigenvalue weighted by molar-refractivity contribution is -0.143. The van der Waals surface area contributed by atoms with Gasteiger partial charge >= 0.3 is 12.1 Å². The van der Waals surface area contributed by atoms with Crippen LogP contribution in [0, 0.1) is 11.3 Å². The van der Waals surface area contributed by atoms with Crippen molar-refractivity contribution in [1.82, 2.24) is 9.88 Å². The van der Waals surface area contributed by atoms with Crippen LogP contribution in [-0.4, -0.2) is 52.7 Å². The van der Waals surface area contributed by atoms with Crippen molar-refractivity contribution in [3.05, 3.63) is 70.7 Å². The van der Waals surface area contributed by atoms with Crippen molar-refractivity contribution in [3.8, 4) is 11.1 Å². The van der Waals surface area contributed by atoms with Gasteiger partial charge in [0.1, 0.15) is 11.5 Å². The highest BCUT2D eigenvalue weighted by Gasteiger charge is 2.45. The number of amides is 2. The number of carboxylic acids is 1. The Morgan fingerprint density at radius 3 is 2.34 bits per heavy atom. The van der Waals surface area contributed by atoms with Gasteiger partial charge in [-0.2, -0.15) is 0 Å². The van der Waals surface area contributed by atoms with E-state index in [2.05, 4.69) is 34.6 Å². The Balaban J connectivity index is 1.21. The van der Waals surface area contributed by atoms with E-state index in [0.717, 1.165) is 33.6 Å². The molecule has 2 heterocycles. The molecule has 0 radical (unpaired) electrons. The van der Waals surface area contributed by atoms with Gasteiger partial charge in [-0.3, -0.25) is 14.9 Å². The van der Waals surface area contributed by atoms with Gasteiger partial charge in [0.2, 0.25) is 0 Å². The highest BCUT2D eigenvalue weighted by atomic mass is 32.1. The molecule has 9 heteroatoms. The van der Waals surface area contributed by atoms with Crippen molar-refractivity contribution in [2.24, 2.45) is 11.3 Å². The average Bonchev–Trinajstić information content (AvgIpc) is 3.51. The molecule has 2 amide bonds. The van der Waals surface area contributed by atoms with Gasteiger partial charge in [0.25, 0.3) is 5.91 Å². The van der Waals surface area contributed by atoms with Crippen molar-refractivity contribution in [2.75, 3.05) is 25.0 Å². The number of hydrogen-bond donors (Lipinski definition) is 2. The van der Waals surface area contributed by atoms with Crippen LogP contribution in [0.5, 0.6) is 0 Å². The number of anilines is 1. The highest BCUT2D eigenvalue weighted by Crippen LogP contribution is 2.44. The van der Waals surface area contributed by atoms with Crippen molar-refractivity contribution >= 4 is 34.4 Å². The minimum Gasteiger partial charge on any atom is -0.481 e. The Labute approximate surface area is 206 Å². The number of carbonyl (C=O) groups is 3. The summed E-state index contributed by atoms with van der Waals surface area (Å²) in [5.74, 6) is -1.88. The number of nitrogens with zero attached hydrogens (tertiary/aromatic N) is 2. The average molecular weight is 492 g/mol. The van der Waals surface area contributed by atoms with Crippen molar-refractivity contribution in [3.63, 3.8) is 0 Å². The molecule has 8 nitrogen and oxygen atoms in total. The van der Waals surface area contributed by atoms with E-state index in [9.17, 15) is 19.5 Å². The van der Waals surface area contributed by atoms with Crippen LogP contribution in [-0.2, 0) is 9.53 Å². The lowest BCUT2D eigenvalue weighted by atomic mass is 9.82. The van der Waals surface area contributed by atoms with Crippen LogP contribution < -0.4 is 5.32 Å². The third-order valence-electron chi connectivity index (χ3n) is 6.80. The molecular weight excluding hydrogens is 466 g/mol. The Kier molecular flexibility index (Phi) is 5.80. The standard InChI is InChI=1S/C26H25N3O5S/c1-26(2)14-29(12-20(26)23(31)32)22(30)21-11-27-24(35-21)28-25(33)34-13-19-17-9-5-3-7-15(17)16-8-4-6-10-18(16)19/h3-11,19-20H,12-14H2,1-2H3,(H,31,32)(H,27,28,33). The number of likely N-dealkylation sites (tertiary alicyclic amines) is 1. The third-order valence-corrected chi connectivity index (χ3v) is 7.70. The largest absolute Gasteiger partial charge is 0.481 e. The molecule has 1 aromatic heterocycles. The van der Waals surface area contributed by atoms with Crippen LogP contribution in [0.3, 0.4) is 0 Å². The molecule has 1 atom stereocenters. The normalized spacial score (nSPS) is 18.1. The van der Waals surface area contributed by atoms with E-state index in [1.54, 1.807) is 0 Å². The minimum absolute atomic E-state index is 0.0534. The maximum atomic E-state index is 12.9. The summed E-state index contributed by atoms with van der Waals surface area (Å²) in [5, 5.41) is 12.3. The molecule has 1 fully saturated rings. The highest BCUT2D eigenvalue weighted by molar-refractivity contribution is 7.17. The van der Waals surface area contributed by atoms with Crippen LogP contribution >= 0.6 is 11.3 Å². The number of ether oxygens (including phenoxy) is 1. The number of thiazole rings is 1. The van der Waals surface area contributed by atoms with Crippen LogP contribution in [0.15, 0.2) is 54.7 Å². The molecule has 35 heavy (non-hydrogen) atoms. The second-order valence-corrected chi connectivity index (χ2v) is 10.6. The van der Waals surface area contributed by atoms with Crippen molar-refractivity contribution in [2.45, 2.75) is 19.8 Å². The molecule has 1 aliphatic carbocycles.